The molecule has 0 unspecified atom stereocenters. The van der Waals surface area contributed by atoms with E-state index in [4.69, 9.17) is 4.74 Å². The summed E-state index contributed by atoms with van der Waals surface area (Å²) in [7, 11) is 1.40. The van der Waals surface area contributed by atoms with Gasteiger partial charge in [-0.3, -0.25) is 4.90 Å². The van der Waals surface area contributed by atoms with Gasteiger partial charge in [0.15, 0.2) is 0 Å². The van der Waals surface area contributed by atoms with Crippen molar-refractivity contribution in [1.82, 2.24) is 4.90 Å². The van der Waals surface area contributed by atoms with Crippen molar-refractivity contribution >= 4 is 5.97 Å². The SMILES string of the molecule is COC(=O)c1ccc(CN(Cc2ccccc2)C(C)C)cc1. The van der Waals surface area contributed by atoms with Crippen molar-refractivity contribution in [3.05, 3.63) is 71.3 Å². The number of rotatable bonds is 6. The van der Waals surface area contributed by atoms with Gasteiger partial charge >= 0.3 is 5.97 Å². The van der Waals surface area contributed by atoms with E-state index in [2.05, 4.69) is 43.0 Å². The first kappa shape index (κ1) is 16.2. The zero-order valence-electron chi connectivity index (χ0n) is 13.5. The van der Waals surface area contributed by atoms with Gasteiger partial charge < -0.3 is 4.74 Å². The molecule has 0 aliphatic carbocycles. The number of methoxy groups -OCH3 is 1. The van der Waals surface area contributed by atoms with Gasteiger partial charge in [-0.2, -0.15) is 0 Å². The molecule has 2 rings (SSSR count). The molecule has 0 aliphatic heterocycles. The zero-order valence-corrected chi connectivity index (χ0v) is 13.5. The van der Waals surface area contributed by atoms with Crippen LogP contribution >= 0.6 is 0 Å². The molecule has 3 heteroatoms. The quantitative estimate of drug-likeness (QED) is 0.758. The highest BCUT2D eigenvalue weighted by Crippen LogP contribution is 2.14. The fourth-order valence-corrected chi connectivity index (χ4v) is 2.34. The summed E-state index contributed by atoms with van der Waals surface area (Å²) >= 11 is 0. The largest absolute Gasteiger partial charge is 0.465 e. The van der Waals surface area contributed by atoms with Gasteiger partial charge in [-0.25, -0.2) is 4.79 Å². The Morgan fingerprint density at radius 3 is 2.00 bits per heavy atom. The Morgan fingerprint density at radius 2 is 1.50 bits per heavy atom. The molecule has 3 nitrogen and oxygen atoms in total. The standard InChI is InChI=1S/C19H23NO2/c1-15(2)20(13-16-7-5-4-6-8-16)14-17-9-11-18(12-10-17)19(21)22-3/h4-12,15H,13-14H2,1-3H3. The highest BCUT2D eigenvalue weighted by molar-refractivity contribution is 5.89. The Kier molecular flexibility index (Phi) is 5.73. The van der Waals surface area contributed by atoms with Crippen LogP contribution in [0.4, 0.5) is 0 Å². The van der Waals surface area contributed by atoms with Crippen LogP contribution in [0, 0.1) is 0 Å². The van der Waals surface area contributed by atoms with Gasteiger partial charge in [0.1, 0.15) is 0 Å². The third-order valence-corrected chi connectivity index (χ3v) is 3.72. The molecule has 0 radical (unpaired) electrons. The van der Waals surface area contributed by atoms with E-state index in [9.17, 15) is 4.79 Å². The molecule has 0 spiro atoms. The summed E-state index contributed by atoms with van der Waals surface area (Å²) in [6, 6.07) is 18.5. The Bertz CT molecular complexity index is 591. The Balaban J connectivity index is 2.06. The molecule has 2 aromatic carbocycles. The highest BCUT2D eigenvalue weighted by atomic mass is 16.5. The highest BCUT2D eigenvalue weighted by Gasteiger charge is 2.11. The van der Waals surface area contributed by atoms with Gasteiger partial charge in [0, 0.05) is 19.1 Å². The van der Waals surface area contributed by atoms with Crippen LogP contribution in [0.5, 0.6) is 0 Å². The van der Waals surface area contributed by atoms with Gasteiger partial charge in [0.25, 0.3) is 0 Å². The van der Waals surface area contributed by atoms with Gasteiger partial charge in [0.05, 0.1) is 12.7 Å². The van der Waals surface area contributed by atoms with E-state index >= 15 is 0 Å². The predicted molar refractivity (Wildman–Crippen MR) is 88.6 cm³/mol. The number of hydrogen-bond acceptors (Lipinski definition) is 3. The molecule has 0 saturated carbocycles. The Labute approximate surface area is 132 Å². The average molecular weight is 297 g/mol. The number of carbonyl (C=O) groups excluding carboxylic acids is 1. The summed E-state index contributed by atoms with van der Waals surface area (Å²) in [5.74, 6) is -0.295. The molecule has 0 bridgehead atoms. The average Bonchev–Trinajstić information content (AvgIpc) is 2.55. The molecule has 0 amide bonds. The van der Waals surface area contributed by atoms with Gasteiger partial charge in [0.2, 0.25) is 0 Å². The fraction of sp³-hybridized carbons (Fsp3) is 0.316. The van der Waals surface area contributed by atoms with Crippen molar-refractivity contribution in [2.75, 3.05) is 7.11 Å². The van der Waals surface area contributed by atoms with E-state index in [-0.39, 0.29) is 5.97 Å². The molecule has 0 fully saturated rings. The van der Waals surface area contributed by atoms with E-state index in [0.717, 1.165) is 13.1 Å². The summed E-state index contributed by atoms with van der Waals surface area (Å²) in [4.78, 5) is 13.9. The molecule has 0 saturated heterocycles. The first-order valence-corrected chi connectivity index (χ1v) is 7.55. The third kappa shape index (κ3) is 4.43. The molecule has 0 aromatic heterocycles. The minimum atomic E-state index is -0.295. The number of benzene rings is 2. The second-order valence-corrected chi connectivity index (χ2v) is 5.67. The Hall–Kier alpha value is -2.13. The van der Waals surface area contributed by atoms with Gasteiger partial charge in [-0.1, -0.05) is 42.5 Å². The van der Waals surface area contributed by atoms with Crippen LogP contribution in [0.3, 0.4) is 0 Å². The number of carbonyl (C=O) groups is 1. The van der Waals surface area contributed by atoms with Crippen molar-refractivity contribution in [3.8, 4) is 0 Å². The minimum Gasteiger partial charge on any atom is -0.465 e. The molecule has 2 aromatic rings. The van der Waals surface area contributed by atoms with Crippen molar-refractivity contribution in [1.29, 1.82) is 0 Å². The summed E-state index contributed by atoms with van der Waals surface area (Å²) in [5, 5.41) is 0. The minimum absolute atomic E-state index is 0.295. The number of nitrogens with zero attached hydrogens (tertiary/aromatic N) is 1. The first-order chi connectivity index (χ1) is 10.6. The van der Waals surface area contributed by atoms with E-state index in [1.807, 2.05) is 30.3 Å². The Morgan fingerprint density at radius 1 is 0.955 bits per heavy atom. The predicted octanol–water partition coefficient (Wildman–Crippen LogP) is 3.88. The van der Waals surface area contributed by atoms with E-state index in [0.29, 0.717) is 11.6 Å². The van der Waals surface area contributed by atoms with E-state index < -0.39 is 0 Å². The zero-order chi connectivity index (χ0) is 15.9. The number of hydrogen-bond donors (Lipinski definition) is 0. The lowest BCUT2D eigenvalue weighted by Gasteiger charge is -2.26. The normalized spacial score (nSPS) is 11.0. The van der Waals surface area contributed by atoms with Crippen LogP contribution < -0.4 is 0 Å². The third-order valence-electron chi connectivity index (χ3n) is 3.72. The lowest BCUT2D eigenvalue weighted by atomic mass is 10.1. The summed E-state index contributed by atoms with van der Waals surface area (Å²) < 4.78 is 4.73. The molecule has 0 atom stereocenters. The number of ether oxygens (including phenoxy) is 1. The maximum absolute atomic E-state index is 11.5. The molecule has 116 valence electrons. The smallest absolute Gasteiger partial charge is 0.337 e. The fourth-order valence-electron chi connectivity index (χ4n) is 2.34. The molecule has 22 heavy (non-hydrogen) atoms. The van der Waals surface area contributed by atoms with Crippen molar-refractivity contribution in [2.45, 2.75) is 33.0 Å². The van der Waals surface area contributed by atoms with Crippen LogP contribution in [0.2, 0.25) is 0 Å². The van der Waals surface area contributed by atoms with Crippen LogP contribution in [-0.4, -0.2) is 24.0 Å². The molecule has 0 heterocycles. The summed E-state index contributed by atoms with van der Waals surface area (Å²) in [5.41, 5.74) is 3.09. The molecular weight excluding hydrogens is 274 g/mol. The second-order valence-electron chi connectivity index (χ2n) is 5.67. The number of esters is 1. The summed E-state index contributed by atoms with van der Waals surface area (Å²) in [6.45, 7) is 6.17. The van der Waals surface area contributed by atoms with Crippen LogP contribution in [0.1, 0.15) is 35.3 Å². The van der Waals surface area contributed by atoms with Crippen LogP contribution in [0.25, 0.3) is 0 Å². The maximum Gasteiger partial charge on any atom is 0.337 e. The lowest BCUT2D eigenvalue weighted by Crippen LogP contribution is -2.29. The van der Waals surface area contributed by atoms with Crippen LogP contribution in [-0.2, 0) is 17.8 Å². The molecular formula is C19H23NO2. The topological polar surface area (TPSA) is 29.5 Å². The van der Waals surface area contributed by atoms with Crippen LogP contribution in [0.15, 0.2) is 54.6 Å². The second kappa shape index (κ2) is 7.76. The molecule has 0 aliphatic rings. The van der Waals surface area contributed by atoms with Crippen molar-refractivity contribution in [2.24, 2.45) is 0 Å². The summed E-state index contributed by atoms with van der Waals surface area (Å²) in [6.07, 6.45) is 0. The lowest BCUT2D eigenvalue weighted by molar-refractivity contribution is 0.0600. The first-order valence-electron chi connectivity index (χ1n) is 7.55. The van der Waals surface area contributed by atoms with Crippen molar-refractivity contribution in [3.63, 3.8) is 0 Å². The maximum atomic E-state index is 11.5. The van der Waals surface area contributed by atoms with E-state index in [1.54, 1.807) is 0 Å². The molecule has 0 N–H and O–H groups in total. The van der Waals surface area contributed by atoms with E-state index in [1.165, 1.54) is 18.2 Å². The van der Waals surface area contributed by atoms with Gasteiger partial charge in [-0.15, -0.1) is 0 Å². The monoisotopic (exact) mass is 297 g/mol. The van der Waals surface area contributed by atoms with Crippen molar-refractivity contribution < 1.29 is 9.53 Å². The van der Waals surface area contributed by atoms with Gasteiger partial charge in [-0.05, 0) is 37.1 Å².